The molecule has 1 fully saturated rings. The Morgan fingerprint density at radius 1 is 1.44 bits per heavy atom. The fraction of sp³-hybridized carbons (Fsp3) is 0.667. The van der Waals surface area contributed by atoms with E-state index in [1.165, 1.54) is 0 Å². The van der Waals surface area contributed by atoms with Crippen LogP contribution in [0.2, 0.25) is 0 Å². The second kappa shape index (κ2) is 5.48. The smallest absolute Gasteiger partial charge is 0.130 e. The van der Waals surface area contributed by atoms with Crippen LogP contribution in [0.25, 0.3) is 0 Å². The summed E-state index contributed by atoms with van der Waals surface area (Å²) in [4.78, 5) is 0. The summed E-state index contributed by atoms with van der Waals surface area (Å²) in [6.45, 7) is 4.59. The van der Waals surface area contributed by atoms with Gasteiger partial charge < -0.3 is 19.6 Å². The molecule has 16 heavy (non-hydrogen) atoms. The van der Waals surface area contributed by atoms with Gasteiger partial charge in [0.25, 0.3) is 0 Å². The molecule has 1 aliphatic rings. The highest BCUT2D eigenvalue weighted by Gasteiger charge is 2.15. The van der Waals surface area contributed by atoms with Crippen molar-refractivity contribution >= 4 is 0 Å². The molecule has 90 valence electrons. The average Bonchev–Trinajstić information content (AvgIpc) is 2.69. The summed E-state index contributed by atoms with van der Waals surface area (Å²) in [6, 6.07) is 2.00. The topological polar surface area (TPSA) is 57.6 Å². The standard InChI is InChI=1S/C12H19NO3/c1-9-6-11(16-12(9)7-13)8-15-10-2-4-14-5-3-10/h6,10H,2-5,7-8,13H2,1H3. The van der Waals surface area contributed by atoms with Gasteiger partial charge in [0.2, 0.25) is 0 Å². The Morgan fingerprint density at radius 2 is 2.19 bits per heavy atom. The summed E-state index contributed by atoms with van der Waals surface area (Å²) in [7, 11) is 0. The van der Waals surface area contributed by atoms with Gasteiger partial charge in [-0.2, -0.15) is 0 Å². The van der Waals surface area contributed by atoms with E-state index in [4.69, 9.17) is 19.6 Å². The molecule has 0 saturated carbocycles. The molecular weight excluding hydrogens is 206 g/mol. The summed E-state index contributed by atoms with van der Waals surface area (Å²) in [6.07, 6.45) is 2.26. The van der Waals surface area contributed by atoms with E-state index in [2.05, 4.69) is 0 Å². The number of hydrogen-bond acceptors (Lipinski definition) is 4. The molecule has 1 saturated heterocycles. The molecule has 0 bridgehead atoms. The van der Waals surface area contributed by atoms with Gasteiger partial charge in [-0.3, -0.25) is 0 Å². The molecule has 0 atom stereocenters. The Kier molecular flexibility index (Phi) is 3.98. The Labute approximate surface area is 95.7 Å². The summed E-state index contributed by atoms with van der Waals surface area (Å²) >= 11 is 0. The normalized spacial score (nSPS) is 17.9. The average molecular weight is 225 g/mol. The SMILES string of the molecule is Cc1cc(COC2CCOCC2)oc1CN. The van der Waals surface area contributed by atoms with Crippen LogP contribution in [0.3, 0.4) is 0 Å². The molecule has 4 heteroatoms. The molecule has 2 heterocycles. The van der Waals surface area contributed by atoms with Crippen molar-refractivity contribution in [3.8, 4) is 0 Å². The maximum absolute atomic E-state index is 5.77. The summed E-state index contributed by atoms with van der Waals surface area (Å²) < 4.78 is 16.6. The Bertz CT molecular complexity index is 329. The van der Waals surface area contributed by atoms with E-state index >= 15 is 0 Å². The first-order valence-electron chi connectivity index (χ1n) is 5.77. The second-order valence-corrected chi connectivity index (χ2v) is 4.15. The maximum atomic E-state index is 5.77. The van der Waals surface area contributed by atoms with Gasteiger partial charge in [-0.1, -0.05) is 0 Å². The molecular formula is C12H19NO3. The quantitative estimate of drug-likeness (QED) is 0.848. The van der Waals surface area contributed by atoms with Crippen LogP contribution in [0.4, 0.5) is 0 Å². The third-order valence-electron chi connectivity index (χ3n) is 2.89. The van der Waals surface area contributed by atoms with Crippen LogP contribution in [-0.4, -0.2) is 19.3 Å². The minimum absolute atomic E-state index is 0.306. The van der Waals surface area contributed by atoms with Gasteiger partial charge in [-0.05, 0) is 31.4 Å². The van der Waals surface area contributed by atoms with Crippen LogP contribution in [0.15, 0.2) is 10.5 Å². The van der Waals surface area contributed by atoms with E-state index in [0.29, 0.717) is 19.3 Å². The molecule has 0 radical (unpaired) electrons. The third kappa shape index (κ3) is 2.84. The number of ether oxygens (including phenoxy) is 2. The predicted octanol–water partition coefficient (Wildman–Crippen LogP) is 1.74. The molecule has 0 aromatic carbocycles. The fourth-order valence-corrected chi connectivity index (χ4v) is 1.91. The summed E-state index contributed by atoms with van der Waals surface area (Å²) in [5, 5.41) is 0. The lowest BCUT2D eigenvalue weighted by atomic mass is 10.1. The molecule has 1 aromatic rings. The molecule has 2 N–H and O–H groups in total. The van der Waals surface area contributed by atoms with Crippen LogP contribution in [-0.2, 0) is 22.6 Å². The minimum atomic E-state index is 0.306. The molecule has 0 spiro atoms. The van der Waals surface area contributed by atoms with Crippen LogP contribution in [0, 0.1) is 6.92 Å². The van der Waals surface area contributed by atoms with E-state index in [9.17, 15) is 0 Å². The third-order valence-corrected chi connectivity index (χ3v) is 2.89. The number of furan rings is 1. The van der Waals surface area contributed by atoms with Gasteiger partial charge >= 0.3 is 0 Å². The lowest BCUT2D eigenvalue weighted by Crippen LogP contribution is -2.23. The number of rotatable bonds is 4. The Balaban J connectivity index is 1.83. The van der Waals surface area contributed by atoms with Crippen LogP contribution < -0.4 is 5.73 Å². The predicted molar refractivity (Wildman–Crippen MR) is 60.0 cm³/mol. The first-order valence-corrected chi connectivity index (χ1v) is 5.77. The van der Waals surface area contributed by atoms with E-state index < -0.39 is 0 Å². The first-order chi connectivity index (χ1) is 7.79. The van der Waals surface area contributed by atoms with Crippen molar-refractivity contribution in [1.82, 2.24) is 0 Å². The monoisotopic (exact) mass is 225 g/mol. The minimum Gasteiger partial charge on any atom is -0.462 e. The highest BCUT2D eigenvalue weighted by molar-refractivity contribution is 5.19. The molecule has 0 aliphatic carbocycles. The van der Waals surface area contributed by atoms with Gasteiger partial charge in [-0.25, -0.2) is 0 Å². The van der Waals surface area contributed by atoms with Crippen molar-refractivity contribution in [1.29, 1.82) is 0 Å². The van der Waals surface area contributed by atoms with Crippen molar-refractivity contribution in [2.75, 3.05) is 13.2 Å². The van der Waals surface area contributed by atoms with Crippen LogP contribution in [0.5, 0.6) is 0 Å². The molecule has 1 aromatic heterocycles. The van der Waals surface area contributed by atoms with Crippen LogP contribution >= 0.6 is 0 Å². The fourth-order valence-electron chi connectivity index (χ4n) is 1.91. The lowest BCUT2D eigenvalue weighted by Gasteiger charge is -2.21. The Hall–Kier alpha value is -0.840. The first kappa shape index (κ1) is 11.6. The van der Waals surface area contributed by atoms with Crippen molar-refractivity contribution in [2.24, 2.45) is 5.73 Å². The van der Waals surface area contributed by atoms with Gasteiger partial charge in [-0.15, -0.1) is 0 Å². The Morgan fingerprint density at radius 3 is 2.81 bits per heavy atom. The van der Waals surface area contributed by atoms with E-state index in [1.54, 1.807) is 0 Å². The van der Waals surface area contributed by atoms with E-state index in [1.807, 2.05) is 13.0 Å². The van der Waals surface area contributed by atoms with Crippen LogP contribution in [0.1, 0.15) is 29.9 Å². The van der Waals surface area contributed by atoms with Crippen molar-refractivity contribution in [3.05, 3.63) is 23.2 Å². The van der Waals surface area contributed by atoms with Gasteiger partial charge in [0.05, 0.1) is 12.6 Å². The zero-order valence-electron chi connectivity index (χ0n) is 9.70. The highest BCUT2D eigenvalue weighted by atomic mass is 16.5. The highest BCUT2D eigenvalue weighted by Crippen LogP contribution is 2.17. The van der Waals surface area contributed by atoms with Gasteiger partial charge in [0, 0.05) is 13.2 Å². The zero-order chi connectivity index (χ0) is 11.4. The zero-order valence-corrected chi connectivity index (χ0v) is 9.70. The molecule has 4 nitrogen and oxygen atoms in total. The maximum Gasteiger partial charge on any atom is 0.130 e. The van der Waals surface area contributed by atoms with Gasteiger partial charge in [0.15, 0.2) is 0 Å². The molecule has 2 rings (SSSR count). The van der Waals surface area contributed by atoms with Crippen molar-refractivity contribution < 1.29 is 13.9 Å². The summed E-state index contributed by atoms with van der Waals surface area (Å²) in [5.74, 6) is 1.72. The number of aryl methyl sites for hydroxylation is 1. The van der Waals surface area contributed by atoms with E-state index in [0.717, 1.165) is 43.1 Å². The number of nitrogens with two attached hydrogens (primary N) is 1. The van der Waals surface area contributed by atoms with E-state index in [-0.39, 0.29) is 0 Å². The molecule has 1 aliphatic heterocycles. The summed E-state index contributed by atoms with van der Waals surface area (Å²) in [5.41, 5.74) is 6.66. The second-order valence-electron chi connectivity index (χ2n) is 4.15. The van der Waals surface area contributed by atoms with Crippen molar-refractivity contribution in [3.63, 3.8) is 0 Å². The molecule has 0 amide bonds. The number of hydrogen-bond donors (Lipinski definition) is 1. The van der Waals surface area contributed by atoms with Gasteiger partial charge in [0.1, 0.15) is 18.1 Å². The molecule has 0 unspecified atom stereocenters. The largest absolute Gasteiger partial charge is 0.462 e. The van der Waals surface area contributed by atoms with Crippen molar-refractivity contribution in [2.45, 2.75) is 39.0 Å². The lowest BCUT2D eigenvalue weighted by molar-refractivity contribution is -0.0435.